The van der Waals surface area contributed by atoms with Gasteiger partial charge in [-0.25, -0.2) is 0 Å². The van der Waals surface area contributed by atoms with Gasteiger partial charge in [-0.05, 0) is 36.4 Å². The van der Waals surface area contributed by atoms with Crippen LogP contribution in [0.25, 0.3) is 15.5 Å². The minimum Gasteiger partial charge on any atom is -0.497 e. The summed E-state index contributed by atoms with van der Waals surface area (Å²) in [5.74, 6) is 3.49. The van der Waals surface area contributed by atoms with Gasteiger partial charge >= 0.3 is 0 Å². The Balaban J connectivity index is 1.37. The third kappa shape index (κ3) is 2.91. The second-order valence-corrected chi connectivity index (χ2v) is 6.71. The van der Waals surface area contributed by atoms with Gasteiger partial charge in [-0.1, -0.05) is 11.3 Å². The molecule has 5 rings (SSSR count). The number of nitrogens with zero attached hydrogens (tertiary/aromatic N) is 4. The maximum absolute atomic E-state index is 5.82. The van der Waals surface area contributed by atoms with Gasteiger partial charge in [-0.15, -0.1) is 10.2 Å². The summed E-state index contributed by atoms with van der Waals surface area (Å²) in [7, 11) is 1.64. The highest BCUT2D eigenvalue weighted by molar-refractivity contribution is 7.19. The molecule has 3 heterocycles. The Morgan fingerprint density at radius 1 is 1.04 bits per heavy atom. The highest BCUT2D eigenvalue weighted by Crippen LogP contribution is 2.35. The molecule has 0 saturated carbocycles. The summed E-state index contributed by atoms with van der Waals surface area (Å²) in [6, 6.07) is 13.2. The number of hydrogen-bond acceptors (Lipinski definition) is 8. The number of rotatable bonds is 5. The quantitative estimate of drug-likeness (QED) is 0.524. The van der Waals surface area contributed by atoms with Crippen molar-refractivity contribution in [3.8, 4) is 33.6 Å². The van der Waals surface area contributed by atoms with E-state index in [4.69, 9.17) is 18.9 Å². The van der Waals surface area contributed by atoms with E-state index in [1.54, 1.807) is 17.7 Å². The minimum atomic E-state index is 0.233. The van der Waals surface area contributed by atoms with Crippen LogP contribution < -0.4 is 18.9 Å². The third-order valence-electron chi connectivity index (χ3n) is 4.10. The van der Waals surface area contributed by atoms with Gasteiger partial charge < -0.3 is 18.9 Å². The highest BCUT2D eigenvalue weighted by Gasteiger charge is 2.16. The zero-order valence-corrected chi connectivity index (χ0v) is 15.1. The van der Waals surface area contributed by atoms with E-state index in [2.05, 4.69) is 15.3 Å². The van der Waals surface area contributed by atoms with Crippen molar-refractivity contribution in [2.45, 2.75) is 6.61 Å². The zero-order chi connectivity index (χ0) is 18.2. The Bertz CT molecular complexity index is 1110. The molecule has 27 heavy (non-hydrogen) atoms. The fraction of sp³-hybridized carbons (Fsp3) is 0.167. The largest absolute Gasteiger partial charge is 0.497 e. The Kier molecular flexibility index (Phi) is 3.79. The van der Waals surface area contributed by atoms with Crippen LogP contribution in [0.4, 0.5) is 0 Å². The molecule has 0 saturated heterocycles. The van der Waals surface area contributed by atoms with E-state index in [0.717, 1.165) is 22.1 Å². The highest BCUT2D eigenvalue weighted by atomic mass is 32.1. The van der Waals surface area contributed by atoms with Gasteiger partial charge in [-0.3, -0.25) is 0 Å². The van der Waals surface area contributed by atoms with E-state index >= 15 is 0 Å². The first-order valence-electron chi connectivity index (χ1n) is 8.18. The van der Waals surface area contributed by atoms with Crippen molar-refractivity contribution in [3.63, 3.8) is 0 Å². The van der Waals surface area contributed by atoms with Gasteiger partial charge in [0, 0.05) is 11.6 Å². The van der Waals surface area contributed by atoms with Crippen molar-refractivity contribution in [3.05, 3.63) is 48.3 Å². The van der Waals surface area contributed by atoms with Crippen LogP contribution in [0.3, 0.4) is 0 Å². The lowest BCUT2D eigenvalue weighted by atomic mass is 10.2. The molecule has 0 unspecified atom stereocenters. The lowest BCUT2D eigenvalue weighted by molar-refractivity contribution is 0.173. The first-order chi connectivity index (χ1) is 13.3. The minimum absolute atomic E-state index is 0.233. The van der Waals surface area contributed by atoms with Crippen LogP contribution in [0.5, 0.6) is 23.0 Å². The molecular weight excluding hydrogens is 368 g/mol. The van der Waals surface area contributed by atoms with Gasteiger partial charge in [0.25, 0.3) is 0 Å². The average molecular weight is 382 g/mol. The summed E-state index contributed by atoms with van der Waals surface area (Å²) in [6.07, 6.45) is 0. The second-order valence-electron chi connectivity index (χ2n) is 5.75. The van der Waals surface area contributed by atoms with E-state index in [0.29, 0.717) is 22.3 Å². The van der Waals surface area contributed by atoms with Crippen LogP contribution in [-0.2, 0) is 6.61 Å². The van der Waals surface area contributed by atoms with Crippen molar-refractivity contribution in [2.75, 3.05) is 13.9 Å². The van der Waals surface area contributed by atoms with Crippen molar-refractivity contribution in [2.24, 2.45) is 0 Å². The summed E-state index contributed by atoms with van der Waals surface area (Å²) < 4.78 is 23.4. The van der Waals surface area contributed by atoms with Crippen LogP contribution >= 0.6 is 11.3 Å². The fourth-order valence-corrected chi connectivity index (χ4v) is 3.58. The molecule has 0 spiro atoms. The number of methoxy groups -OCH3 is 1. The van der Waals surface area contributed by atoms with Gasteiger partial charge in [0.15, 0.2) is 17.3 Å². The van der Waals surface area contributed by atoms with Crippen LogP contribution in [0.15, 0.2) is 42.5 Å². The SMILES string of the molecule is COc1ccc(-c2nn3c(COc4ccc5c(c4)OCO5)nnc3s2)cc1. The van der Waals surface area contributed by atoms with E-state index in [1.807, 2.05) is 36.4 Å². The maximum atomic E-state index is 5.82. The van der Waals surface area contributed by atoms with E-state index < -0.39 is 0 Å². The van der Waals surface area contributed by atoms with E-state index in [1.165, 1.54) is 11.3 Å². The zero-order valence-electron chi connectivity index (χ0n) is 14.3. The fourth-order valence-electron chi connectivity index (χ4n) is 2.71. The summed E-state index contributed by atoms with van der Waals surface area (Å²) in [4.78, 5) is 0.713. The summed E-state index contributed by atoms with van der Waals surface area (Å²) in [5.41, 5.74) is 0.994. The summed E-state index contributed by atoms with van der Waals surface area (Å²) in [5, 5.41) is 13.8. The normalized spacial score (nSPS) is 12.5. The molecule has 136 valence electrons. The van der Waals surface area contributed by atoms with Gasteiger partial charge in [-0.2, -0.15) is 9.61 Å². The lowest BCUT2D eigenvalue weighted by Gasteiger charge is -2.05. The predicted molar refractivity (Wildman–Crippen MR) is 97.5 cm³/mol. The predicted octanol–water partition coefficient (Wildman–Crippen LogP) is 3.17. The lowest BCUT2D eigenvalue weighted by Crippen LogP contribution is -2.02. The van der Waals surface area contributed by atoms with Crippen molar-refractivity contribution < 1.29 is 18.9 Å². The first-order valence-corrected chi connectivity index (χ1v) is 9.00. The topological polar surface area (TPSA) is 80.0 Å². The molecule has 0 bridgehead atoms. The molecule has 0 atom stereocenters. The number of fused-ring (bicyclic) bond motifs is 2. The molecule has 0 radical (unpaired) electrons. The molecule has 0 amide bonds. The Morgan fingerprint density at radius 2 is 1.85 bits per heavy atom. The Morgan fingerprint density at radius 3 is 2.70 bits per heavy atom. The monoisotopic (exact) mass is 382 g/mol. The Hall–Kier alpha value is -3.33. The smallest absolute Gasteiger partial charge is 0.235 e. The number of ether oxygens (including phenoxy) is 4. The number of benzene rings is 2. The maximum Gasteiger partial charge on any atom is 0.235 e. The molecule has 9 heteroatoms. The van der Waals surface area contributed by atoms with Gasteiger partial charge in [0.2, 0.25) is 11.8 Å². The molecule has 8 nitrogen and oxygen atoms in total. The van der Waals surface area contributed by atoms with Gasteiger partial charge in [0.05, 0.1) is 7.11 Å². The molecule has 0 aliphatic carbocycles. The molecular formula is C18H14N4O4S. The van der Waals surface area contributed by atoms with Crippen molar-refractivity contribution in [1.29, 1.82) is 0 Å². The Labute approximate surface area is 157 Å². The molecule has 0 fully saturated rings. The molecule has 2 aromatic heterocycles. The average Bonchev–Trinajstić information content (AvgIpc) is 3.42. The number of aromatic nitrogens is 4. The standard InChI is InChI=1S/C18H14N4O4S/c1-23-12-4-2-11(3-5-12)17-21-22-16(19-20-18(22)27-17)9-24-13-6-7-14-15(8-13)26-10-25-14/h2-8H,9-10H2,1H3. The van der Waals surface area contributed by atoms with Crippen LogP contribution in [-0.4, -0.2) is 33.7 Å². The molecule has 2 aromatic carbocycles. The first kappa shape index (κ1) is 15.9. The molecule has 1 aliphatic rings. The summed E-state index contributed by atoms with van der Waals surface area (Å²) in [6.45, 7) is 0.475. The van der Waals surface area contributed by atoms with Crippen molar-refractivity contribution >= 4 is 16.3 Å². The second kappa shape index (κ2) is 6.44. The molecule has 1 aliphatic heterocycles. The molecule has 4 aromatic rings. The van der Waals surface area contributed by atoms with Crippen molar-refractivity contribution in [1.82, 2.24) is 19.8 Å². The molecule has 0 N–H and O–H groups in total. The van der Waals surface area contributed by atoms with Gasteiger partial charge in [0.1, 0.15) is 23.1 Å². The van der Waals surface area contributed by atoms with E-state index in [9.17, 15) is 0 Å². The van der Waals surface area contributed by atoms with Crippen LogP contribution in [0.1, 0.15) is 5.82 Å². The van der Waals surface area contributed by atoms with E-state index in [-0.39, 0.29) is 13.4 Å². The van der Waals surface area contributed by atoms with Crippen LogP contribution in [0.2, 0.25) is 0 Å². The third-order valence-corrected chi connectivity index (χ3v) is 5.05. The van der Waals surface area contributed by atoms with Crippen LogP contribution in [0, 0.1) is 0 Å². The number of hydrogen-bond donors (Lipinski definition) is 0. The summed E-state index contributed by atoms with van der Waals surface area (Å²) >= 11 is 1.47.